The zero-order valence-corrected chi connectivity index (χ0v) is 15.4. The molecule has 0 saturated heterocycles. The summed E-state index contributed by atoms with van der Waals surface area (Å²) in [4.78, 5) is 0. The van der Waals surface area contributed by atoms with Crippen LogP contribution in [0.3, 0.4) is 0 Å². The number of hydrogen-bond acceptors (Lipinski definition) is 0. The summed E-state index contributed by atoms with van der Waals surface area (Å²) in [5, 5.41) is 0. The van der Waals surface area contributed by atoms with Gasteiger partial charge in [-0.15, -0.1) is 0 Å². The average molecular weight is 359 g/mol. The van der Waals surface area contributed by atoms with E-state index in [1.807, 2.05) is 0 Å². The van der Waals surface area contributed by atoms with Gasteiger partial charge in [0.1, 0.15) is 0 Å². The molecule has 0 aliphatic rings. The van der Waals surface area contributed by atoms with Gasteiger partial charge >= 0.3 is 122 Å². The Morgan fingerprint density at radius 2 is 1.05 bits per heavy atom. The van der Waals surface area contributed by atoms with Crippen LogP contribution >= 0.6 is 0 Å². The number of aryl methyl sites for hydroxylation is 2. The Labute approximate surface area is 121 Å². The first-order valence-electron chi connectivity index (χ1n) is 7.28. The third-order valence-electron chi connectivity index (χ3n) is 4.53. The number of benzene rings is 2. The van der Waals surface area contributed by atoms with E-state index in [0.29, 0.717) is 0 Å². The van der Waals surface area contributed by atoms with Gasteiger partial charge in [0.15, 0.2) is 0 Å². The van der Waals surface area contributed by atoms with Gasteiger partial charge in [-0.3, -0.25) is 0 Å². The van der Waals surface area contributed by atoms with Crippen molar-refractivity contribution in [2.24, 2.45) is 0 Å². The predicted octanol–water partition coefficient (Wildman–Crippen LogP) is 3.91. The molecular weight excluding hydrogens is 335 g/mol. The molecule has 2 rings (SSSR count). The minimum absolute atomic E-state index is 1.35. The second-order valence-corrected chi connectivity index (χ2v) is 18.7. The van der Waals surface area contributed by atoms with E-state index in [4.69, 9.17) is 0 Å². The topological polar surface area (TPSA) is 0 Å². The fraction of sp³-hybridized carbons (Fsp3) is 0.333. The summed E-state index contributed by atoms with van der Waals surface area (Å²) in [7, 11) is 0. The Morgan fingerprint density at radius 1 is 0.684 bits per heavy atom. The van der Waals surface area contributed by atoms with E-state index in [1.54, 1.807) is 7.16 Å². The molecule has 0 heterocycles. The van der Waals surface area contributed by atoms with Gasteiger partial charge in [-0.1, -0.05) is 0 Å². The van der Waals surface area contributed by atoms with E-state index in [2.05, 4.69) is 76.2 Å². The molecule has 0 unspecified atom stereocenters. The van der Waals surface area contributed by atoms with Crippen molar-refractivity contribution < 1.29 is 0 Å². The van der Waals surface area contributed by atoms with Crippen molar-refractivity contribution >= 4 is 25.5 Å². The van der Waals surface area contributed by atoms with E-state index >= 15 is 0 Å². The molecule has 0 aromatic heterocycles. The van der Waals surface area contributed by atoms with E-state index in [1.165, 1.54) is 20.0 Å². The summed E-state index contributed by atoms with van der Waals surface area (Å²) in [6.45, 7) is 9.37. The molecular formula is C18H24Sn. The third-order valence-corrected chi connectivity index (χ3v) is 20.5. The van der Waals surface area contributed by atoms with Crippen LogP contribution in [0.5, 0.6) is 0 Å². The standard InChI is InChI=1S/2C7H7.2C2H5.Sn/c2*1-7-5-3-2-4-6-7;2*1-2;/h2*2-5H,1H3;2*1H2,2H3;. The molecule has 0 radical (unpaired) electrons. The monoisotopic (exact) mass is 360 g/mol. The molecule has 0 nitrogen and oxygen atoms in total. The molecule has 0 spiro atoms. The molecule has 0 saturated carbocycles. The second kappa shape index (κ2) is 6.13. The van der Waals surface area contributed by atoms with Crippen molar-refractivity contribution in [2.45, 2.75) is 36.6 Å². The van der Waals surface area contributed by atoms with Crippen LogP contribution < -0.4 is 7.16 Å². The SMILES string of the molecule is C[CH2][Sn]([CH2]C)([c]1ccccc1C)[c]1ccccc1C. The maximum atomic E-state index is 2.40. The zero-order valence-electron chi connectivity index (χ0n) is 12.5. The van der Waals surface area contributed by atoms with Gasteiger partial charge in [0.25, 0.3) is 0 Å². The van der Waals surface area contributed by atoms with Crippen LogP contribution in [-0.4, -0.2) is 18.4 Å². The number of rotatable bonds is 4. The Bertz CT molecular complexity index is 506. The quantitative estimate of drug-likeness (QED) is 0.727. The number of hydrogen-bond donors (Lipinski definition) is 0. The van der Waals surface area contributed by atoms with Crippen molar-refractivity contribution in [3.63, 3.8) is 0 Å². The predicted molar refractivity (Wildman–Crippen MR) is 88.3 cm³/mol. The summed E-state index contributed by atoms with van der Waals surface area (Å²) in [6.07, 6.45) is 0. The third kappa shape index (κ3) is 2.60. The van der Waals surface area contributed by atoms with Crippen LogP contribution in [0.15, 0.2) is 48.5 Å². The first-order chi connectivity index (χ1) is 9.15. The molecule has 1 heteroatoms. The summed E-state index contributed by atoms with van der Waals surface area (Å²) >= 11 is -2.47. The van der Waals surface area contributed by atoms with Crippen LogP contribution in [0, 0.1) is 13.8 Å². The second-order valence-electron chi connectivity index (χ2n) is 5.42. The minimum atomic E-state index is -2.47. The Kier molecular flexibility index (Phi) is 4.72. The van der Waals surface area contributed by atoms with E-state index in [0.717, 1.165) is 0 Å². The first-order valence-corrected chi connectivity index (χ1v) is 14.2. The Balaban J connectivity index is 2.69. The van der Waals surface area contributed by atoms with Gasteiger partial charge in [0, 0.05) is 0 Å². The van der Waals surface area contributed by atoms with E-state index in [9.17, 15) is 0 Å². The molecule has 0 N–H and O–H groups in total. The first kappa shape index (κ1) is 14.6. The molecule has 0 bridgehead atoms. The molecule has 2 aromatic rings. The van der Waals surface area contributed by atoms with Gasteiger partial charge in [-0.25, -0.2) is 0 Å². The maximum absolute atomic E-state index is 2.47. The molecule has 2 aromatic carbocycles. The van der Waals surface area contributed by atoms with Gasteiger partial charge in [0.2, 0.25) is 0 Å². The van der Waals surface area contributed by atoms with Crippen molar-refractivity contribution in [3.05, 3.63) is 59.7 Å². The summed E-state index contributed by atoms with van der Waals surface area (Å²) < 4.78 is 6.08. The molecule has 0 amide bonds. The van der Waals surface area contributed by atoms with Gasteiger partial charge in [-0.2, -0.15) is 0 Å². The van der Waals surface area contributed by atoms with Gasteiger partial charge < -0.3 is 0 Å². The van der Waals surface area contributed by atoms with Crippen LogP contribution in [0.25, 0.3) is 0 Å². The Hall–Kier alpha value is -0.761. The fourth-order valence-electron chi connectivity index (χ4n) is 3.38. The molecule has 0 aliphatic carbocycles. The van der Waals surface area contributed by atoms with Crippen LogP contribution in [0.4, 0.5) is 0 Å². The van der Waals surface area contributed by atoms with Crippen molar-refractivity contribution in [1.82, 2.24) is 0 Å². The summed E-state index contributed by atoms with van der Waals surface area (Å²) in [6, 6.07) is 18.1. The van der Waals surface area contributed by atoms with Gasteiger partial charge in [0.05, 0.1) is 0 Å². The molecule has 100 valence electrons. The van der Waals surface area contributed by atoms with Crippen LogP contribution in [0.1, 0.15) is 25.0 Å². The van der Waals surface area contributed by atoms with E-state index < -0.39 is 18.4 Å². The van der Waals surface area contributed by atoms with Crippen LogP contribution in [0.2, 0.25) is 8.87 Å². The van der Waals surface area contributed by atoms with Gasteiger partial charge in [-0.05, 0) is 0 Å². The van der Waals surface area contributed by atoms with Crippen LogP contribution in [-0.2, 0) is 0 Å². The zero-order chi connectivity index (χ0) is 13.9. The fourth-order valence-corrected chi connectivity index (χ4v) is 17.1. The molecule has 0 fully saturated rings. The summed E-state index contributed by atoms with van der Waals surface area (Å²) in [5.41, 5.74) is 2.98. The van der Waals surface area contributed by atoms with Crippen molar-refractivity contribution in [3.8, 4) is 0 Å². The normalized spacial score (nSPS) is 11.6. The van der Waals surface area contributed by atoms with Crippen molar-refractivity contribution in [1.29, 1.82) is 0 Å². The van der Waals surface area contributed by atoms with Crippen molar-refractivity contribution in [2.75, 3.05) is 0 Å². The molecule has 0 atom stereocenters. The molecule has 0 aliphatic heterocycles. The average Bonchev–Trinajstić information content (AvgIpc) is 2.44. The van der Waals surface area contributed by atoms with E-state index in [-0.39, 0.29) is 0 Å². The Morgan fingerprint density at radius 3 is 1.37 bits per heavy atom. The molecule has 19 heavy (non-hydrogen) atoms. The summed E-state index contributed by atoms with van der Waals surface area (Å²) in [5.74, 6) is 0.